The number of benzene rings is 5. The molecule has 0 aliphatic carbocycles. The Morgan fingerprint density at radius 3 is 2.30 bits per heavy atom. The highest BCUT2D eigenvalue weighted by molar-refractivity contribution is 6.09. The second kappa shape index (κ2) is 8.46. The van der Waals surface area contributed by atoms with Crippen molar-refractivity contribution in [1.82, 2.24) is 4.98 Å². The van der Waals surface area contributed by atoms with Gasteiger partial charge in [-0.1, -0.05) is 78.9 Å². The van der Waals surface area contributed by atoms with Gasteiger partial charge in [0.2, 0.25) is 0 Å². The van der Waals surface area contributed by atoms with Crippen LogP contribution in [0.1, 0.15) is 19.4 Å². The molecule has 0 radical (unpaired) electrons. The second-order valence-corrected chi connectivity index (χ2v) is 9.22. The SMILES string of the molecule is [2H]C([2H])([2H])c1cnc(-c2cccc3c2oc2ccccc23)cc1-c1cc2ccc(-c3ccccc3)cc2cc1C([2H])([2H])[2H]. The number of aromatic nitrogens is 1. The van der Waals surface area contributed by atoms with E-state index >= 15 is 0 Å². The minimum absolute atomic E-state index is 0.0150. The molecule has 5 aromatic carbocycles. The molecule has 0 aliphatic heterocycles. The molecule has 0 aliphatic rings. The maximum atomic E-state index is 8.43. The van der Waals surface area contributed by atoms with Crippen LogP contribution in [-0.4, -0.2) is 4.98 Å². The first-order valence-corrected chi connectivity index (χ1v) is 12.1. The van der Waals surface area contributed by atoms with Gasteiger partial charge in [-0.25, -0.2) is 0 Å². The van der Waals surface area contributed by atoms with Crippen molar-refractivity contribution in [3.63, 3.8) is 0 Å². The van der Waals surface area contributed by atoms with Crippen LogP contribution < -0.4 is 0 Å². The van der Waals surface area contributed by atoms with Crippen LogP contribution in [0.2, 0.25) is 0 Å². The number of hydrogen-bond donors (Lipinski definition) is 0. The Labute approximate surface area is 224 Å². The van der Waals surface area contributed by atoms with Gasteiger partial charge in [0, 0.05) is 30.8 Å². The molecule has 7 aromatic rings. The lowest BCUT2D eigenvalue weighted by Crippen LogP contribution is -1.93. The molecular formula is C35H25NO. The summed E-state index contributed by atoms with van der Waals surface area (Å²) in [7, 11) is 0. The Hall–Kier alpha value is -4.69. The number of aryl methyl sites for hydroxylation is 2. The Balaban J connectivity index is 1.48. The first-order chi connectivity index (χ1) is 20.6. The highest BCUT2D eigenvalue weighted by Crippen LogP contribution is 2.38. The van der Waals surface area contributed by atoms with Crippen LogP contribution >= 0.6 is 0 Å². The molecule has 0 N–H and O–H groups in total. The van der Waals surface area contributed by atoms with E-state index in [4.69, 9.17) is 12.6 Å². The van der Waals surface area contributed by atoms with E-state index in [1.807, 2.05) is 91.0 Å². The maximum Gasteiger partial charge on any atom is 0.144 e. The van der Waals surface area contributed by atoms with Crippen molar-refractivity contribution < 1.29 is 12.6 Å². The van der Waals surface area contributed by atoms with Crippen molar-refractivity contribution in [3.8, 4) is 33.5 Å². The molecule has 7 rings (SSSR count). The van der Waals surface area contributed by atoms with Gasteiger partial charge in [0.1, 0.15) is 11.2 Å². The Kier molecular flexibility index (Phi) is 3.69. The van der Waals surface area contributed by atoms with Crippen LogP contribution in [0.15, 0.2) is 120 Å². The van der Waals surface area contributed by atoms with Gasteiger partial charge in [0.15, 0.2) is 0 Å². The van der Waals surface area contributed by atoms with Crippen LogP contribution in [-0.2, 0) is 0 Å². The van der Waals surface area contributed by atoms with Gasteiger partial charge >= 0.3 is 0 Å². The van der Waals surface area contributed by atoms with Gasteiger partial charge < -0.3 is 4.42 Å². The van der Waals surface area contributed by atoms with Gasteiger partial charge in [-0.05, 0) is 88.2 Å². The van der Waals surface area contributed by atoms with Crippen LogP contribution in [0.25, 0.3) is 66.2 Å². The van der Waals surface area contributed by atoms with Crippen LogP contribution in [0, 0.1) is 13.7 Å². The van der Waals surface area contributed by atoms with Gasteiger partial charge in [0.25, 0.3) is 0 Å². The van der Waals surface area contributed by atoms with E-state index in [9.17, 15) is 0 Å². The Morgan fingerprint density at radius 2 is 1.41 bits per heavy atom. The fourth-order valence-electron chi connectivity index (χ4n) is 5.11. The highest BCUT2D eigenvalue weighted by atomic mass is 16.3. The van der Waals surface area contributed by atoms with E-state index in [0.29, 0.717) is 28.0 Å². The molecule has 2 heterocycles. The molecule has 0 saturated carbocycles. The molecule has 0 unspecified atom stereocenters. The third-order valence-corrected chi connectivity index (χ3v) is 6.96. The summed E-state index contributed by atoms with van der Waals surface area (Å²) in [5.74, 6) is 0. The number of hydrogen-bond acceptors (Lipinski definition) is 2. The molecule has 0 saturated heterocycles. The molecule has 0 fully saturated rings. The van der Waals surface area contributed by atoms with Gasteiger partial charge in [0.05, 0.1) is 5.69 Å². The molecule has 0 bridgehead atoms. The zero-order valence-corrected chi connectivity index (χ0v) is 19.8. The zero-order chi connectivity index (χ0) is 29.9. The lowest BCUT2D eigenvalue weighted by Gasteiger charge is -2.14. The fraction of sp³-hybridized carbons (Fsp3) is 0.0571. The lowest BCUT2D eigenvalue weighted by atomic mass is 9.92. The lowest BCUT2D eigenvalue weighted by molar-refractivity contribution is 0.670. The molecule has 0 spiro atoms. The van der Waals surface area contributed by atoms with Crippen LogP contribution in [0.3, 0.4) is 0 Å². The average molecular weight is 482 g/mol. The van der Waals surface area contributed by atoms with Crippen molar-refractivity contribution in [2.75, 3.05) is 0 Å². The molecular weight excluding hydrogens is 450 g/mol. The van der Waals surface area contributed by atoms with Gasteiger partial charge in [-0.15, -0.1) is 0 Å². The summed E-state index contributed by atoms with van der Waals surface area (Å²) in [4.78, 5) is 4.56. The Morgan fingerprint density at radius 1 is 0.595 bits per heavy atom. The summed E-state index contributed by atoms with van der Waals surface area (Å²) in [6.07, 6.45) is 1.34. The monoisotopic (exact) mass is 481 g/mol. The van der Waals surface area contributed by atoms with Crippen molar-refractivity contribution in [2.45, 2.75) is 13.7 Å². The van der Waals surface area contributed by atoms with Crippen molar-refractivity contribution in [1.29, 1.82) is 0 Å². The summed E-state index contributed by atoms with van der Waals surface area (Å²) in [5, 5.41) is 3.44. The second-order valence-electron chi connectivity index (χ2n) is 9.22. The molecule has 0 atom stereocenters. The third kappa shape index (κ3) is 3.61. The summed E-state index contributed by atoms with van der Waals surface area (Å²) < 4.78 is 56.4. The van der Waals surface area contributed by atoms with E-state index in [1.165, 1.54) is 6.20 Å². The topological polar surface area (TPSA) is 26.0 Å². The minimum Gasteiger partial charge on any atom is -0.455 e. The standard InChI is InChI=1S/C35H25NO/c1-22-17-27-18-25(24-9-4-3-5-10-24)15-16-26(27)19-31(22)32-20-33(36-21-23(32)2)30-13-8-12-29-28-11-6-7-14-34(28)37-35(29)30/h3-21H,1-2H3/i1D3,2D3. The normalized spacial score (nSPS) is 14.6. The number of nitrogens with zero attached hydrogens (tertiary/aromatic N) is 1. The van der Waals surface area contributed by atoms with E-state index in [0.717, 1.165) is 38.3 Å². The van der Waals surface area contributed by atoms with E-state index < -0.39 is 13.7 Å². The molecule has 2 aromatic heterocycles. The van der Waals surface area contributed by atoms with Crippen LogP contribution in [0.4, 0.5) is 0 Å². The first-order valence-electron chi connectivity index (χ1n) is 15.1. The molecule has 2 nitrogen and oxygen atoms in total. The number of pyridine rings is 1. The predicted molar refractivity (Wildman–Crippen MR) is 155 cm³/mol. The van der Waals surface area contributed by atoms with E-state index in [2.05, 4.69) is 4.98 Å². The van der Waals surface area contributed by atoms with E-state index in [-0.39, 0.29) is 11.1 Å². The highest BCUT2D eigenvalue weighted by Gasteiger charge is 2.15. The maximum absolute atomic E-state index is 8.43. The van der Waals surface area contributed by atoms with Gasteiger partial charge in [-0.3, -0.25) is 4.98 Å². The van der Waals surface area contributed by atoms with Crippen molar-refractivity contribution in [2.24, 2.45) is 0 Å². The molecule has 0 amide bonds. The average Bonchev–Trinajstić information content (AvgIpc) is 3.38. The predicted octanol–water partition coefficient (Wildman–Crippen LogP) is 9.75. The van der Waals surface area contributed by atoms with Gasteiger partial charge in [-0.2, -0.15) is 0 Å². The summed E-state index contributed by atoms with van der Waals surface area (Å²) in [6.45, 7) is -5.02. The minimum atomic E-state index is -2.52. The number of rotatable bonds is 3. The smallest absolute Gasteiger partial charge is 0.144 e. The quantitative estimate of drug-likeness (QED) is 0.251. The first kappa shape index (κ1) is 16.1. The number of fused-ring (bicyclic) bond motifs is 4. The summed E-state index contributed by atoms with van der Waals surface area (Å²) >= 11 is 0. The van der Waals surface area contributed by atoms with E-state index in [1.54, 1.807) is 18.2 Å². The summed E-state index contributed by atoms with van der Waals surface area (Å²) in [5.41, 5.74) is 5.24. The molecule has 2 heteroatoms. The van der Waals surface area contributed by atoms with Crippen molar-refractivity contribution >= 4 is 32.7 Å². The molecule has 37 heavy (non-hydrogen) atoms. The fourth-order valence-corrected chi connectivity index (χ4v) is 5.11. The van der Waals surface area contributed by atoms with Crippen molar-refractivity contribution in [3.05, 3.63) is 127 Å². The number of furan rings is 1. The summed E-state index contributed by atoms with van der Waals surface area (Å²) in [6, 6.07) is 34.4. The number of para-hydroxylation sites is 2. The third-order valence-electron chi connectivity index (χ3n) is 6.96. The van der Waals surface area contributed by atoms with Crippen LogP contribution in [0.5, 0.6) is 0 Å². The largest absolute Gasteiger partial charge is 0.455 e. The zero-order valence-electron chi connectivity index (χ0n) is 25.8. The molecule has 176 valence electrons. The Bertz CT molecular complexity index is 2160.